The standard InChI is InChI=1S/C15H15BrFN/c1-10-4-2-3-5-11(10)8-15(18)13-7-6-12(16)9-14(13)17/h2-7,9,15H,8,18H2,1H3. The second-order valence-corrected chi connectivity index (χ2v) is 5.32. The van der Waals surface area contributed by atoms with Gasteiger partial charge in [-0.2, -0.15) is 0 Å². The van der Waals surface area contributed by atoms with E-state index in [-0.39, 0.29) is 11.9 Å². The molecule has 2 aromatic rings. The fraction of sp³-hybridized carbons (Fsp3) is 0.200. The Kier molecular flexibility index (Phi) is 4.15. The Morgan fingerprint density at radius 2 is 1.94 bits per heavy atom. The van der Waals surface area contributed by atoms with E-state index in [1.807, 2.05) is 37.3 Å². The van der Waals surface area contributed by atoms with Crippen molar-refractivity contribution in [3.63, 3.8) is 0 Å². The number of benzene rings is 2. The quantitative estimate of drug-likeness (QED) is 0.906. The van der Waals surface area contributed by atoms with Gasteiger partial charge in [0.05, 0.1) is 0 Å². The van der Waals surface area contributed by atoms with Crippen LogP contribution in [0.2, 0.25) is 0 Å². The first-order valence-electron chi connectivity index (χ1n) is 5.83. The lowest BCUT2D eigenvalue weighted by atomic mass is 9.96. The highest BCUT2D eigenvalue weighted by Gasteiger charge is 2.13. The van der Waals surface area contributed by atoms with E-state index in [1.54, 1.807) is 6.07 Å². The van der Waals surface area contributed by atoms with Crippen molar-refractivity contribution >= 4 is 15.9 Å². The van der Waals surface area contributed by atoms with Crippen molar-refractivity contribution in [3.05, 3.63) is 69.4 Å². The summed E-state index contributed by atoms with van der Waals surface area (Å²) in [5.41, 5.74) is 8.99. The van der Waals surface area contributed by atoms with Gasteiger partial charge >= 0.3 is 0 Å². The van der Waals surface area contributed by atoms with E-state index in [1.165, 1.54) is 11.6 Å². The smallest absolute Gasteiger partial charge is 0.129 e. The fourth-order valence-electron chi connectivity index (χ4n) is 1.99. The van der Waals surface area contributed by atoms with Gasteiger partial charge < -0.3 is 5.73 Å². The predicted molar refractivity (Wildman–Crippen MR) is 75.9 cm³/mol. The van der Waals surface area contributed by atoms with Gasteiger partial charge in [-0.3, -0.25) is 0 Å². The van der Waals surface area contributed by atoms with Crippen LogP contribution in [0, 0.1) is 12.7 Å². The van der Waals surface area contributed by atoms with Gasteiger partial charge in [-0.1, -0.05) is 46.3 Å². The Labute approximate surface area is 115 Å². The molecular formula is C15H15BrFN. The molecule has 94 valence electrons. The molecule has 18 heavy (non-hydrogen) atoms. The average Bonchev–Trinajstić information content (AvgIpc) is 2.32. The number of nitrogens with two attached hydrogens (primary N) is 1. The second-order valence-electron chi connectivity index (χ2n) is 4.40. The number of rotatable bonds is 3. The van der Waals surface area contributed by atoms with Crippen LogP contribution in [0.25, 0.3) is 0 Å². The van der Waals surface area contributed by atoms with Crippen molar-refractivity contribution in [2.24, 2.45) is 5.73 Å². The topological polar surface area (TPSA) is 26.0 Å². The molecule has 0 aliphatic heterocycles. The van der Waals surface area contributed by atoms with Crippen molar-refractivity contribution in [2.45, 2.75) is 19.4 Å². The van der Waals surface area contributed by atoms with Gasteiger partial charge in [-0.25, -0.2) is 4.39 Å². The van der Waals surface area contributed by atoms with Crippen LogP contribution in [0.15, 0.2) is 46.9 Å². The molecule has 2 aromatic carbocycles. The van der Waals surface area contributed by atoms with E-state index >= 15 is 0 Å². The summed E-state index contributed by atoms with van der Waals surface area (Å²) in [4.78, 5) is 0. The highest BCUT2D eigenvalue weighted by molar-refractivity contribution is 9.10. The van der Waals surface area contributed by atoms with Crippen LogP contribution < -0.4 is 5.73 Å². The molecule has 0 aliphatic carbocycles. The van der Waals surface area contributed by atoms with Crippen LogP contribution >= 0.6 is 15.9 Å². The summed E-state index contributed by atoms with van der Waals surface area (Å²) in [5, 5.41) is 0. The molecule has 0 spiro atoms. The van der Waals surface area contributed by atoms with Gasteiger partial charge in [0, 0.05) is 16.1 Å². The third kappa shape index (κ3) is 2.98. The van der Waals surface area contributed by atoms with Gasteiger partial charge in [-0.05, 0) is 36.6 Å². The van der Waals surface area contributed by atoms with Crippen LogP contribution in [0.5, 0.6) is 0 Å². The minimum atomic E-state index is -0.320. The Bertz CT molecular complexity index is 554. The van der Waals surface area contributed by atoms with Gasteiger partial charge in [0.2, 0.25) is 0 Å². The molecule has 0 aliphatic rings. The minimum Gasteiger partial charge on any atom is -0.324 e. The first kappa shape index (κ1) is 13.2. The van der Waals surface area contributed by atoms with E-state index in [2.05, 4.69) is 15.9 Å². The summed E-state index contributed by atoms with van der Waals surface area (Å²) in [5.74, 6) is -0.259. The second kappa shape index (κ2) is 5.63. The molecule has 1 atom stereocenters. The molecule has 2 rings (SSSR count). The van der Waals surface area contributed by atoms with Gasteiger partial charge in [0.15, 0.2) is 0 Å². The van der Waals surface area contributed by atoms with E-state index < -0.39 is 0 Å². The van der Waals surface area contributed by atoms with Crippen molar-refractivity contribution < 1.29 is 4.39 Å². The monoisotopic (exact) mass is 307 g/mol. The Hall–Kier alpha value is -1.19. The Morgan fingerprint density at radius 3 is 2.61 bits per heavy atom. The minimum absolute atomic E-state index is 0.259. The zero-order valence-electron chi connectivity index (χ0n) is 10.2. The zero-order valence-corrected chi connectivity index (χ0v) is 11.7. The summed E-state index contributed by atoms with van der Waals surface area (Å²) in [6.07, 6.45) is 0.644. The molecule has 1 nitrogen and oxygen atoms in total. The molecule has 0 saturated carbocycles. The molecule has 0 amide bonds. The van der Waals surface area contributed by atoms with Gasteiger partial charge in [0.25, 0.3) is 0 Å². The summed E-state index contributed by atoms with van der Waals surface area (Å²) >= 11 is 3.24. The maximum absolute atomic E-state index is 13.8. The molecule has 0 aromatic heterocycles. The van der Waals surface area contributed by atoms with Crippen molar-refractivity contribution in [3.8, 4) is 0 Å². The number of hydrogen-bond acceptors (Lipinski definition) is 1. The molecule has 0 radical (unpaired) electrons. The number of aryl methyl sites for hydroxylation is 1. The lowest BCUT2D eigenvalue weighted by molar-refractivity contribution is 0.579. The van der Waals surface area contributed by atoms with Crippen LogP contribution in [0.4, 0.5) is 4.39 Å². The average molecular weight is 308 g/mol. The molecule has 3 heteroatoms. The molecular weight excluding hydrogens is 293 g/mol. The lowest BCUT2D eigenvalue weighted by Crippen LogP contribution is -2.15. The molecule has 0 saturated heterocycles. The van der Waals surface area contributed by atoms with Crippen molar-refractivity contribution in [1.29, 1.82) is 0 Å². The van der Waals surface area contributed by atoms with Crippen LogP contribution in [0.3, 0.4) is 0 Å². The normalized spacial score (nSPS) is 12.4. The van der Waals surface area contributed by atoms with Crippen molar-refractivity contribution in [1.82, 2.24) is 0 Å². The molecule has 0 fully saturated rings. The van der Waals surface area contributed by atoms with E-state index in [9.17, 15) is 4.39 Å². The molecule has 1 unspecified atom stereocenters. The third-order valence-electron chi connectivity index (χ3n) is 3.06. The van der Waals surface area contributed by atoms with Gasteiger partial charge in [-0.15, -0.1) is 0 Å². The number of hydrogen-bond donors (Lipinski definition) is 1. The van der Waals surface area contributed by atoms with Crippen LogP contribution in [0.1, 0.15) is 22.7 Å². The Balaban J connectivity index is 2.22. The summed E-state index contributed by atoms with van der Waals surface area (Å²) < 4.78 is 14.5. The van der Waals surface area contributed by atoms with Gasteiger partial charge in [0.1, 0.15) is 5.82 Å². The van der Waals surface area contributed by atoms with Crippen LogP contribution in [-0.2, 0) is 6.42 Å². The SMILES string of the molecule is Cc1ccccc1CC(N)c1ccc(Br)cc1F. The lowest BCUT2D eigenvalue weighted by Gasteiger charge is -2.14. The van der Waals surface area contributed by atoms with Crippen molar-refractivity contribution in [2.75, 3.05) is 0 Å². The highest BCUT2D eigenvalue weighted by atomic mass is 79.9. The maximum atomic E-state index is 13.8. The van der Waals surface area contributed by atoms with E-state index in [0.29, 0.717) is 12.0 Å². The molecule has 0 bridgehead atoms. The van der Waals surface area contributed by atoms with E-state index in [0.717, 1.165) is 10.0 Å². The zero-order chi connectivity index (χ0) is 13.1. The molecule has 0 heterocycles. The van der Waals surface area contributed by atoms with E-state index in [4.69, 9.17) is 5.73 Å². The fourth-order valence-corrected chi connectivity index (χ4v) is 2.32. The first-order valence-corrected chi connectivity index (χ1v) is 6.62. The predicted octanol–water partition coefficient (Wildman–Crippen LogP) is 4.14. The summed E-state index contributed by atoms with van der Waals surface area (Å²) in [6.45, 7) is 2.04. The third-order valence-corrected chi connectivity index (χ3v) is 3.56. The summed E-state index contributed by atoms with van der Waals surface area (Å²) in [7, 11) is 0. The summed E-state index contributed by atoms with van der Waals surface area (Å²) in [6, 6.07) is 12.7. The van der Waals surface area contributed by atoms with Crippen LogP contribution in [-0.4, -0.2) is 0 Å². The molecule has 2 N–H and O–H groups in total. The largest absolute Gasteiger partial charge is 0.324 e. The maximum Gasteiger partial charge on any atom is 0.129 e. The first-order chi connectivity index (χ1) is 8.58. The number of halogens is 2. The highest BCUT2D eigenvalue weighted by Crippen LogP contribution is 2.23. The Morgan fingerprint density at radius 1 is 1.22 bits per heavy atom.